The summed E-state index contributed by atoms with van der Waals surface area (Å²) in [6.45, 7) is 4.08. The zero-order chi connectivity index (χ0) is 18.6. The first-order chi connectivity index (χ1) is 13.2. The van der Waals surface area contributed by atoms with E-state index in [1.165, 1.54) is 24.2 Å². The molecule has 1 atom stereocenters. The van der Waals surface area contributed by atoms with Crippen LogP contribution in [0.3, 0.4) is 0 Å². The van der Waals surface area contributed by atoms with Crippen LogP contribution in [-0.2, 0) is 0 Å². The van der Waals surface area contributed by atoms with Gasteiger partial charge in [0.25, 0.3) is 5.91 Å². The number of hydrogen-bond donors (Lipinski definition) is 1. The zero-order valence-electron chi connectivity index (χ0n) is 15.1. The third kappa shape index (κ3) is 3.98. The fraction of sp³-hybridized carbons (Fsp3) is 0.300. The number of amides is 1. The Hall–Kier alpha value is -2.80. The van der Waals surface area contributed by atoms with Crippen LogP contribution in [0.4, 0.5) is 5.82 Å². The maximum absolute atomic E-state index is 12.5. The van der Waals surface area contributed by atoms with Crippen molar-refractivity contribution >= 4 is 23.1 Å². The van der Waals surface area contributed by atoms with E-state index >= 15 is 0 Å². The number of pyridine rings is 2. The van der Waals surface area contributed by atoms with Crippen LogP contribution in [0, 0.1) is 0 Å². The van der Waals surface area contributed by atoms with Gasteiger partial charge in [-0.15, -0.1) is 11.3 Å². The lowest BCUT2D eigenvalue weighted by atomic mass is 10.1. The van der Waals surface area contributed by atoms with Gasteiger partial charge in [0.2, 0.25) is 0 Å². The fourth-order valence-electron chi connectivity index (χ4n) is 3.14. The van der Waals surface area contributed by atoms with E-state index in [4.69, 9.17) is 0 Å². The van der Waals surface area contributed by atoms with Gasteiger partial charge in [-0.25, -0.2) is 9.97 Å². The molecule has 3 aromatic rings. The van der Waals surface area contributed by atoms with Gasteiger partial charge in [0.15, 0.2) is 0 Å². The number of anilines is 1. The van der Waals surface area contributed by atoms with Crippen molar-refractivity contribution in [3.05, 3.63) is 59.5 Å². The Morgan fingerprint density at radius 2 is 2.07 bits per heavy atom. The van der Waals surface area contributed by atoms with E-state index in [2.05, 4.69) is 25.2 Å². The van der Waals surface area contributed by atoms with Crippen molar-refractivity contribution in [3.63, 3.8) is 0 Å². The molecule has 1 saturated heterocycles. The number of nitrogens with one attached hydrogen (secondary N) is 1. The monoisotopic (exact) mass is 379 g/mol. The predicted octanol–water partition coefficient (Wildman–Crippen LogP) is 3.69. The number of thiazole rings is 1. The average Bonchev–Trinajstić information content (AvgIpc) is 3.41. The number of rotatable bonds is 5. The number of nitrogens with zero attached hydrogens (tertiary/aromatic N) is 4. The maximum Gasteiger partial charge on any atom is 0.271 e. The summed E-state index contributed by atoms with van der Waals surface area (Å²) in [5, 5.41) is 5.55. The summed E-state index contributed by atoms with van der Waals surface area (Å²) < 4.78 is 0. The second-order valence-electron chi connectivity index (χ2n) is 6.62. The van der Waals surface area contributed by atoms with E-state index in [-0.39, 0.29) is 11.9 Å². The van der Waals surface area contributed by atoms with Gasteiger partial charge in [-0.1, -0.05) is 6.07 Å². The molecule has 27 heavy (non-hydrogen) atoms. The molecule has 138 valence electrons. The van der Waals surface area contributed by atoms with Gasteiger partial charge in [0.05, 0.1) is 6.04 Å². The first kappa shape index (κ1) is 17.6. The van der Waals surface area contributed by atoms with Gasteiger partial charge in [0.1, 0.15) is 16.5 Å². The minimum Gasteiger partial charge on any atom is -0.357 e. The number of hydrogen-bond acceptors (Lipinski definition) is 6. The third-order valence-corrected chi connectivity index (χ3v) is 5.59. The third-order valence-electron chi connectivity index (χ3n) is 4.69. The van der Waals surface area contributed by atoms with E-state index in [0.717, 1.165) is 35.0 Å². The van der Waals surface area contributed by atoms with Crippen LogP contribution in [-0.4, -0.2) is 33.9 Å². The van der Waals surface area contributed by atoms with Crippen LogP contribution in [0.5, 0.6) is 0 Å². The molecule has 0 saturated carbocycles. The molecule has 4 heterocycles. The predicted molar refractivity (Wildman–Crippen MR) is 107 cm³/mol. The Morgan fingerprint density at radius 3 is 2.78 bits per heavy atom. The molecule has 6 nitrogen and oxygen atoms in total. The minimum atomic E-state index is -0.185. The molecular weight excluding hydrogens is 358 g/mol. The number of carbonyl (C=O) groups is 1. The largest absolute Gasteiger partial charge is 0.357 e. The standard InChI is InChI=1S/C20H21N5OS/c1-14(15-5-4-8-21-11-15)23-19(26)17-13-27-20(24-17)16-6-7-18(22-12-16)25-9-2-3-10-25/h4-8,11-14H,2-3,9-10H2,1H3,(H,23,26). The minimum absolute atomic E-state index is 0.127. The molecule has 1 unspecified atom stereocenters. The van der Waals surface area contributed by atoms with Gasteiger partial charge in [-0.05, 0) is 43.5 Å². The lowest BCUT2D eigenvalue weighted by Gasteiger charge is -2.15. The molecule has 1 N–H and O–H groups in total. The van der Waals surface area contributed by atoms with Gasteiger partial charge in [-0.3, -0.25) is 9.78 Å². The van der Waals surface area contributed by atoms with Crippen LogP contribution in [0.2, 0.25) is 0 Å². The molecule has 1 amide bonds. The molecule has 7 heteroatoms. The van der Waals surface area contributed by atoms with E-state index < -0.39 is 0 Å². The van der Waals surface area contributed by atoms with Crippen molar-refractivity contribution < 1.29 is 4.79 Å². The molecule has 3 aromatic heterocycles. The van der Waals surface area contributed by atoms with E-state index in [1.54, 1.807) is 17.8 Å². The average molecular weight is 379 g/mol. The summed E-state index contributed by atoms with van der Waals surface area (Å²) in [6, 6.07) is 7.74. The van der Waals surface area contributed by atoms with Crippen molar-refractivity contribution in [1.82, 2.24) is 20.3 Å². The van der Waals surface area contributed by atoms with Crippen LogP contribution >= 0.6 is 11.3 Å². The van der Waals surface area contributed by atoms with Crippen LogP contribution in [0.1, 0.15) is 41.9 Å². The second kappa shape index (κ2) is 7.84. The molecule has 0 spiro atoms. The summed E-state index contributed by atoms with van der Waals surface area (Å²) in [7, 11) is 0. The van der Waals surface area contributed by atoms with E-state index in [0.29, 0.717) is 5.69 Å². The van der Waals surface area contributed by atoms with Gasteiger partial charge < -0.3 is 10.2 Å². The molecule has 4 rings (SSSR count). The van der Waals surface area contributed by atoms with Crippen LogP contribution in [0.25, 0.3) is 10.6 Å². The van der Waals surface area contributed by atoms with Crippen molar-refractivity contribution in [2.75, 3.05) is 18.0 Å². The maximum atomic E-state index is 12.5. The topological polar surface area (TPSA) is 71.0 Å². The summed E-state index contributed by atoms with van der Waals surface area (Å²) in [5.41, 5.74) is 2.32. The van der Waals surface area contributed by atoms with Crippen molar-refractivity contribution in [1.29, 1.82) is 0 Å². The number of aromatic nitrogens is 3. The quantitative estimate of drug-likeness (QED) is 0.732. The van der Waals surface area contributed by atoms with Crippen LogP contribution < -0.4 is 10.2 Å². The first-order valence-corrected chi connectivity index (χ1v) is 9.96. The Bertz CT molecular complexity index is 904. The van der Waals surface area contributed by atoms with E-state index in [9.17, 15) is 4.79 Å². The summed E-state index contributed by atoms with van der Waals surface area (Å²) in [4.78, 5) is 27.9. The Morgan fingerprint density at radius 1 is 1.22 bits per heavy atom. The van der Waals surface area contributed by atoms with Gasteiger partial charge in [-0.2, -0.15) is 0 Å². The first-order valence-electron chi connectivity index (χ1n) is 9.08. The SMILES string of the molecule is CC(NC(=O)c1csc(-c2ccc(N3CCCC3)nc2)n1)c1cccnc1. The Balaban J connectivity index is 1.44. The highest BCUT2D eigenvalue weighted by molar-refractivity contribution is 7.13. The lowest BCUT2D eigenvalue weighted by molar-refractivity contribution is 0.0935. The van der Waals surface area contributed by atoms with Crippen molar-refractivity contribution in [3.8, 4) is 10.6 Å². The molecule has 1 aliphatic rings. The molecule has 0 aromatic carbocycles. The number of carbonyl (C=O) groups excluding carboxylic acids is 1. The highest BCUT2D eigenvalue weighted by Gasteiger charge is 2.17. The van der Waals surface area contributed by atoms with Gasteiger partial charge >= 0.3 is 0 Å². The molecule has 1 aliphatic heterocycles. The van der Waals surface area contributed by atoms with Crippen molar-refractivity contribution in [2.24, 2.45) is 0 Å². The molecular formula is C20H21N5OS. The highest BCUT2D eigenvalue weighted by atomic mass is 32.1. The summed E-state index contributed by atoms with van der Waals surface area (Å²) in [5.74, 6) is 0.826. The zero-order valence-corrected chi connectivity index (χ0v) is 15.9. The van der Waals surface area contributed by atoms with Crippen molar-refractivity contribution in [2.45, 2.75) is 25.8 Å². The smallest absolute Gasteiger partial charge is 0.271 e. The highest BCUT2D eigenvalue weighted by Crippen LogP contribution is 2.26. The Labute approximate surface area is 162 Å². The lowest BCUT2D eigenvalue weighted by Crippen LogP contribution is -2.26. The Kier molecular flexibility index (Phi) is 5.11. The van der Waals surface area contributed by atoms with Crippen LogP contribution in [0.15, 0.2) is 48.2 Å². The molecule has 0 bridgehead atoms. The summed E-state index contributed by atoms with van der Waals surface area (Å²) in [6.07, 6.45) is 7.77. The second-order valence-corrected chi connectivity index (χ2v) is 7.48. The molecule has 0 radical (unpaired) electrons. The molecule has 1 fully saturated rings. The van der Waals surface area contributed by atoms with Gasteiger partial charge in [0, 0.05) is 42.6 Å². The van der Waals surface area contributed by atoms with E-state index in [1.807, 2.05) is 37.4 Å². The normalized spacial score (nSPS) is 14.9. The molecule has 0 aliphatic carbocycles. The summed E-state index contributed by atoms with van der Waals surface area (Å²) >= 11 is 1.45. The fourth-order valence-corrected chi connectivity index (χ4v) is 3.93.